The number of nitrogens with zero attached hydrogens (tertiary/aromatic N) is 2. The van der Waals surface area contributed by atoms with E-state index in [1.807, 2.05) is 6.07 Å². The second kappa shape index (κ2) is 8.69. The molecule has 2 aromatic rings. The van der Waals surface area contributed by atoms with Crippen LogP contribution in [0.15, 0.2) is 57.5 Å². The largest absolute Gasteiger partial charge is 0.302 e. The van der Waals surface area contributed by atoms with Crippen molar-refractivity contribution in [1.29, 1.82) is 5.26 Å². The molecule has 2 aromatic carbocycles. The fourth-order valence-electron chi connectivity index (χ4n) is 3.84. The minimum Gasteiger partial charge on any atom is -0.302 e. The first kappa shape index (κ1) is 19.6. The van der Waals surface area contributed by atoms with Gasteiger partial charge in [-0.15, -0.1) is 0 Å². The van der Waals surface area contributed by atoms with E-state index in [4.69, 9.17) is 0 Å². The SMILES string of the molecule is CN(CCCC(C#N)(c1c(Br)cccc1Br)C1CC1)Cc1ccccc1. The second-order valence-corrected chi connectivity index (χ2v) is 8.99. The van der Waals surface area contributed by atoms with Crippen molar-refractivity contribution >= 4 is 31.9 Å². The Morgan fingerprint density at radius 1 is 1.08 bits per heavy atom. The maximum atomic E-state index is 10.2. The Morgan fingerprint density at radius 2 is 1.73 bits per heavy atom. The van der Waals surface area contributed by atoms with Crippen LogP contribution in [0.1, 0.15) is 36.8 Å². The van der Waals surface area contributed by atoms with E-state index in [1.165, 1.54) is 5.56 Å². The minimum absolute atomic E-state index is 0.396. The van der Waals surface area contributed by atoms with Crippen LogP contribution < -0.4 is 0 Å². The molecular formula is C22H24Br2N2. The summed E-state index contributed by atoms with van der Waals surface area (Å²) in [6.45, 7) is 1.94. The predicted octanol–water partition coefficient (Wildman–Crippen LogP) is 6.30. The fraction of sp³-hybridized carbons (Fsp3) is 0.409. The van der Waals surface area contributed by atoms with Crippen LogP contribution in [-0.4, -0.2) is 18.5 Å². The third kappa shape index (κ3) is 4.39. The van der Waals surface area contributed by atoms with Crippen molar-refractivity contribution in [2.24, 2.45) is 5.92 Å². The average molecular weight is 476 g/mol. The van der Waals surface area contributed by atoms with Gasteiger partial charge >= 0.3 is 0 Å². The van der Waals surface area contributed by atoms with Crippen LogP contribution in [0.4, 0.5) is 0 Å². The first-order valence-electron chi connectivity index (χ1n) is 9.15. The molecule has 0 aromatic heterocycles. The lowest BCUT2D eigenvalue weighted by molar-refractivity contribution is 0.299. The molecule has 136 valence electrons. The highest BCUT2D eigenvalue weighted by molar-refractivity contribution is 9.11. The molecule has 1 unspecified atom stereocenters. The van der Waals surface area contributed by atoms with E-state index < -0.39 is 5.41 Å². The van der Waals surface area contributed by atoms with Crippen LogP contribution >= 0.6 is 31.9 Å². The molecule has 3 rings (SSSR count). The summed E-state index contributed by atoms with van der Waals surface area (Å²) in [5.74, 6) is 0.474. The van der Waals surface area contributed by atoms with E-state index in [2.05, 4.69) is 92.3 Å². The number of rotatable bonds is 8. The maximum Gasteiger partial charge on any atom is 0.0872 e. The maximum absolute atomic E-state index is 10.2. The molecule has 1 aliphatic rings. The standard InChI is InChI=1S/C22H24Br2N2/c1-26(15-17-7-3-2-4-8-17)14-6-13-22(16-25,18-11-12-18)21-19(23)9-5-10-20(21)24/h2-5,7-10,18H,6,11-15H2,1H3. The molecule has 0 saturated heterocycles. The summed E-state index contributed by atoms with van der Waals surface area (Å²) < 4.78 is 2.08. The lowest BCUT2D eigenvalue weighted by Gasteiger charge is -2.30. The Morgan fingerprint density at radius 3 is 2.31 bits per heavy atom. The summed E-state index contributed by atoms with van der Waals surface area (Å²) in [7, 11) is 2.16. The van der Waals surface area contributed by atoms with Gasteiger partial charge in [-0.3, -0.25) is 0 Å². The third-order valence-electron chi connectivity index (χ3n) is 5.29. The Kier molecular flexibility index (Phi) is 6.55. The van der Waals surface area contributed by atoms with Crippen LogP contribution in [0.3, 0.4) is 0 Å². The van der Waals surface area contributed by atoms with E-state index >= 15 is 0 Å². The highest BCUT2D eigenvalue weighted by atomic mass is 79.9. The monoisotopic (exact) mass is 474 g/mol. The zero-order valence-electron chi connectivity index (χ0n) is 15.1. The highest BCUT2D eigenvalue weighted by Gasteiger charge is 2.48. The summed E-state index contributed by atoms with van der Waals surface area (Å²) in [6.07, 6.45) is 4.22. The molecule has 1 aliphatic carbocycles. The fourth-order valence-corrected chi connectivity index (χ4v) is 5.54. The summed E-state index contributed by atoms with van der Waals surface area (Å²) in [5.41, 5.74) is 2.07. The average Bonchev–Trinajstić information content (AvgIpc) is 3.46. The van der Waals surface area contributed by atoms with Gasteiger partial charge in [-0.2, -0.15) is 5.26 Å². The molecule has 4 heteroatoms. The van der Waals surface area contributed by atoms with Crippen molar-refractivity contribution in [2.45, 2.75) is 37.6 Å². The number of hydrogen-bond donors (Lipinski definition) is 0. The van der Waals surface area contributed by atoms with E-state index in [-0.39, 0.29) is 0 Å². The van der Waals surface area contributed by atoms with E-state index in [1.54, 1.807) is 0 Å². The summed E-state index contributed by atoms with van der Waals surface area (Å²) >= 11 is 7.39. The topological polar surface area (TPSA) is 27.0 Å². The second-order valence-electron chi connectivity index (χ2n) is 7.28. The molecule has 1 fully saturated rings. The smallest absolute Gasteiger partial charge is 0.0872 e. The molecule has 1 saturated carbocycles. The molecule has 1 atom stereocenters. The Balaban J connectivity index is 1.69. The first-order valence-corrected chi connectivity index (χ1v) is 10.7. The Bertz CT molecular complexity index is 760. The molecule has 0 N–H and O–H groups in total. The predicted molar refractivity (Wildman–Crippen MR) is 114 cm³/mol. The number of hydrogen-bond acceptors (Lipinski definition) is 2. The van der Waals surface area contributed by atoms with Gasteiger partial charge in [-0.1, -0.05) is 68.3 Å². The third-order valence-corrected chi connectivity index (χ3v) is 6.61. The summed E-state index contributed by atoms with van der Waals surface area (Å²) in [4.78, 5) is 2.35. The van der Waals surface area contributed by atoms with Gasteiger partial charge in [-0.05, 0) is 62.9 Å². The van der Waals surface area contributed by atoms with Gasteiger partial charge < -0.3 is 4.90 Å². The van der Waals surface area contributed by atoms with Crippen molar-refractivity contribution in [3.63, 3.8) is 0 Å². The van der Waals surface area contributed by atoms with Crippen LogP contribution in [0.25, 0.3) is 0 Å². The van der Waals surface area contributed by atoms with E-state index in [0.29, 0.717) is 5.92 Å². The molecular weight excluding hydrogens is 452 g/mol. The lowest BCUT2D eigenvalue weighted by atomic mass is 9.73. The summed E-state index contributed by atoms with van der Waals surface area (Å²) in [6, 6.07) is 19.4. The van der Waals surface area contributed by atoms with Crippen molar-refractivity contribution in [2.75, 3.05) is 13.6 Å². The Labute approximate surface area is 173 Å². The quantitative estimate of drug-likeness (QED) is 0.448. The number of halogens is 2. The zero-order chi connectivity index (χ0) is 18.6. The first-order chi connectivity index (χ1) is 12.6. The highest BCUT2D eigenvalue weighted by Crippen LogP contribution is 2.53. The molecule has 0 bridgehead atoms. The van der Waals surface area contributed by atoms with Gasteiger partial charge in [0.15, 0.2) is 0 Å². The lowest BCUT2D eigenvalue weighted by Crippen LogP contribution is -2.30. The molecule has 0 aliphatic heterocycles. The van der Waals surface area contributed by atoms with Crippen molar-refractivity contribution in [1.82, 2.24) is 4.90 Å². The van der Waals surface area contributed by atoms with E-state index in [9.17, 15) is 5.26 Å². The molecule has 0 radical (unpaired) electrons. The number of nitriles is 1. The zero-order valence-corrected chi connectivity index (χ0v) is 18.3. The van der Waals surface area contributed by atoms with Gasteiger partial charge in [0, 0.05) is 21.1 Å². The molecule has 0 amide bonds. The summed E-state index contributed by atoms with van der Waals surface area (Å²) in [5, 5.41) is 10.2. The van der Waals surface area contributed by atoms with Crippen molar-refractivity contribution < 1.29 is 0 Å². The Hall–Kier alpha value is -1.15. The molecule has 0 heterocycles. The molecule has 2 nitrogen and oxygen atoms in total. The van der Waals surface area contributed by atoms with Crippen molar-refractivity contribution in [3.05, 3.63) is 68.6 Å². The van der Waals surface area contributed by atoms with Crippen LogP contribution in [-0.2, 0) is 12.0 Å². The number of benzene rings is 2. The van der Waals surface area contributed by atoms with Gasteiger partial charge in [0.05, 0.1) is 11.5 Å². The van der Waals surface area contributed by atoms with E-state index in [0.717, 1.165) is 53.3 Å². The van der Waals surface area contributed by atoms with Gasteiger partial charge in [0.1, 0.15) is 0 Å². The normalized spacial score (nSPS) is 16.3. The van der Waals surface area contributed by atoms with Crippen LogP contribution in [0.2, 0.25) is 0 Å². The van der Waals surface area contributed by atoms with Gasteiger partial charge in [-0.25, -0.2) is 0 Å². The molecule has 0 spiro atoms. The minimum atomic E-state index is -0.396. The van der Waals surface area contributed by atoms with Crippen LogP contribution in [0.5, 0.6) is 0 Å². The van der Waals surface area contributed by atoms with Crippen LogP contribution in [0, 0.1) is 17.2 Å². The molecule has 26 heavy (non-hydrogen) atoms. The van der Waals surface area contributed by atoms with Gasteiger partial charge in [0.25, 0.3) is 0 Å². The van der Waals surface area contributed by atoms with Gasteiger partial charge in [0.2, 0.25) is 0 Å². The van der Waals surface area contributed by atoms with Crippen molar-refractivity contribution in [3.8, 4) is 6.07 Å².